The van der Waals surface area contributed by atoms with Gasteiger partial charge in [-0.2, -0.15) is 4.98 Å². The van der Waals surface area contributed by atoms with Gasteiger partial charge in [0.1, 0.15) is 11.4 Å². The summed E-state index contributed by atoms with van der Waals surface area (Å²) in [5, 5.41) is 6.14. The van der Waals surface area contributed by atoms with Gasteiger partial charge in [-0.1, -0.05) is 23.7 Å². The maximum atomic E-state index is 6.16. The van der Waals surface area contributed by atoms with E-state index < -0.39 is 0 Å². The molecule has 2 heterocycles. The minimum Gasteiger partial charge on any atom is -0.436 e. The van der Waals surface area contributed by atoms with Gasteiger partial charge < -0.3 is 10.1 Å². The number of benzene rings is 1. The number of nitrogens with one attached hydrogen (secondary N) is 1. The number of hydrogen-bond donors (Lipinski definition) is 1. The van der Waals surface area contributed by atoms with Gasteiger partial charge in [0, 0.05) is 24.2 Å². The number of ether oxygens (including phenoxy) is 1. The zero-order valence-corrected chi connectivity index (χ0v) is 12.8. The molecule has 2 aromatic heterocycles. The Bertz CT molecular complexity index is 778. The first-order valence-electron chi connectivity index (χ1n) is 6.91. The van der Waals surface area contributed by atoms with E-state index in [0.29, 0.717) is 22.7 Å². The average molecular weight is 320 g/mol. The first-order valence-corrected chi connectivity index (χ1v) is 8.17. The molecule has 0 radical (unpaired) electrons. The molecule has 1 saturated carbocycles. The number of rotatable bonds is 5. The van der Waals surface area contributed by atoms with Gasteiger partial charge in [0.25, 0.3) is 0 Å². The Morgan fingerprint density at radius 3 is 3.05 bits per heavy atom. The molecule has 1 aromatic carbocycles. The molecule has 21 heavy (non-hydrogen) atoms. The van der Waals surface area contributed by atoms with Crippen LogP contribution in [0, 0.1) is 0 Å². The molecule has 6 heteroatoms. The molecular formula is C15H14ClN3OS. The number of fused-ring (bicyclic) bond motifs is 1. The molecule has 0 unspecified atom stereocenters. The Labute approximate surface area is 131 Å². The number of hydrogen-bond acceptors (Lipinski definition) is 4. The number of halogens is 1. The largest absolute Gasteiger partial charge is 0.436 e. The molecule has 0 atom stereocenters. The summed E-state index contributed by atoms with van der Waals surface area (Å²) in [5.74, 6) is 1.26. The van der Waals surface area contributed by atoms with Crippen LogP contribution in [0.5, 0.6) is 11.6 Å². The Hall–Kier alpha value is -1.56. The van der Waals surface area contributed by atoms with Crippen molar-refractivity contribution in [3.63, 3.8) is 0 Å². The third kappa shape index (κ3) is 2.64. The molecule has 3 aromatic rings. The van der Waals surface area contributed by atoms with E-state index >= 15 is 0 Å². The van der Waals surface area contributed by atoms with Gasteiger partial charge in [0.15, 0.2) is 4.96 Å². The van der Waals surface area contributed by atoms with E-state index in [0.717, 1.165) is 17.2 Å². The molecule has 0 amide bonds. The summed E-state index contributed by atoms with van der Waals surface area (Å²) in [6.45, 7) is 0.752. The van der Waals surface area contributed by atoms with Crippen LogP contribution in [0.25, 0.3) is 4.96 Å². The minimum absolute atomic E-state index is 0.593. The monoisotopic (exact) mass is 319 g/mol. The van der Waals surface area contributed by atoms with E-state index in [1.165, 1.54) is 12.8 Å². The van der Waals surface area contributed by atoms with Gasteiger partial charge in [-0.05, 0) is 25.0 Å². The highest BCUT2D eigenvalue weighted by Crippen LogP contribution is 2.32. The zero-order valence-electron chi connectivity index (χ0n) is 11.3. The molecule has 108 valence electrons. The summed E-state index contributed by atoms with van der Waals surface area (Å²) >= 11 is 7.76. The molecule has 0 bridgehead atoms. The lowest BCUT2D eigenvalue weighted by Crippen LogP contribution is -2.16. The first-order chi connectivity index (χ1) is 10.3. The fourth-order valence-electron chi connectivity index (χ4n) is 2.22. The van der Waals surface area contributed by atoms with Crippen LogP contribution in [0.15, 0.2) is 35.8 Å². The van der Waals surface area contributed by atoms with E-state index in [4.69, 9.17) is 16.3 Å². The molecule has 4 nitrogen and oxygen atoms in total. The fraction of sp³-hybridized carbons (Fsp3) is 0.267. The number of para-hydroxylation sites is 1. The van der Waals surface area contributed by atoms with Crippen LogP contribution >= 0.6 is 22.9 Å². The number of nitrogens with zero attached hydrogens (tertiary/aromatic N) is 2. The van der Waals surface area contributed by atoms with E-state index in [1.807, 2.05) is 35.8 Å². The molecule has 1 aliphatic rings. The lowest BCUT2D eigenvalue weighted by atomic mass is 10.3. The maximum absolute atomic E-state index is 6.16. The molecule has 1 N–H and O–H groups in total. The minimum atomic E-state index is 0.593. The van der Waals surface area contributed by atoms with Crippen molar-refractivity contribution in [2.45, 2.75) is 25.4 Å². The van der Waals surface area contributed by atoms with Gasteiger partial charge in [0.05, 0.1) is 5.02 Å². The summed E-state index contributed by atoms with van der Waals surface area (Å²) in [4.78, 5) is 5.50. The van der Waals surface area contributed by atoms with Crippen molar-refractivity contribution >= 4 is 27.9 Å². The van der Waals surface area contributed by atoms with Crippen LogP contribution in [-0.2, 0) is 6.54 Å². The highest BCUT2D eigenvalue weighted by atomic mass is 35.5. The van der Waals surface area contributed by atoms with Crippen LogP contribution in [0.3, 0.4) is 0 Å². The van der Waals surface area contributed by atoms with E-state index in [9.17, 15) is 0 Å². The summed E-state index contributed by atoms with van der Waals surface area (Å²) in [6, 6.07) is 8.10. The molecular weight excluding hydrogens is 306 g/mol. The predicted molar refractivity (Wildman–Crippen MR) is 84.5 cm³/mol. The van der Waals surface area contributed by atoms with Gasteiger partial charge >= 0.3 is 0 Å². The van der Waals surface area contributed by atoms with Crippen molar-refractivity contribution in [2.24, 2.45) is 0 Å². The maximum Gasteiger partial charge on any atom is 0.243 e. The van der Waals surface area contributed by atoms with E-state index in [-0.39, 0.29) is 0 Å². The Morgan fingerprint density at radius 1 is 1.38 bits per heavy atom. The quantitative estimate of drug-likeness (QED) is 0.769. The summed E-state index contributed by atoms with van der Waals surface area (Å²) < 4.78 is 8.01. The van der Waals surface area contributed by atoms with Crippen molar-refractivity contribution in [2.75, 3.05) is 0 Å². The van der Waals surface area contributed by atoms with Crippen molar-refractivity contribution in [1.29, 1.82) is 0 Å². The second kappa shape index (κ2) is 5.33. The van der Waals surface area contributed by atoms with Crippen molar-refractivity contribution in [3.05, 3.63) is 46.6 Å². The predicted octanol–water partition coefficient (Wildman–Crippen LogP) is 4.09. The topological polar surface area (TPSA) is 38.6 Å². The van der Waals surface area contributed by atoms with Gasteiger partial charge in [0.2, 0.25) is 5.88 Å². The molecule has 0 aliphatic heterocycles. The third-order valence-electron chi connectivity index (χ3n) is 3.50. The van der Waals surface area contributed by atoms with Gasteiger partial charge in [-0.3, -0.25) is 4.40 Å². The number of aromatic nitrogens is 2. The van der Waals surface area contributed by atoms with Gasteiger partial charge in [-0.25, -0.2) is 0 Å². The summed E-state index contributed by atoms with van der Waals surface area (Å²) in [7, 11) is 0. The lowest BCUT2D eigenvalue weighted by molar-refractivity contribution is 0.455. The lowest BCUT2D eigenvalue weighted by Gasteiger charge is -2.08. The van der Waals surface area contributed by atoms with Crippen molar-refractivity contribution < 1.29 is 4.74 Å². The van der Waals surface area contributed by atoms with Crippen LogP contribution in [-0.4, -0.2) is 15.4 Å². The summed E-state index contributed by atoms with van der Waals surface area (Å²) in [5.41, 5.74) is 1.04. The number of imidazole rings is 1. The second-order valence-corrected chi connectivity index (χ2v) is 6.39. The Kier molecular flexibility index (Phi) is 3.33. The average Bonchev–Trinajstić information content (AvgIpc) is 3.10. The molecule has 1 aliphatic carbocycles. The van der Waals surface area contributed by atoms with Gasteiger partial charge in [-0.15, -0.1) is 11.3 Å². The first kappa shape index (κ1) is 13.1. The zero-order chi connectivity index (χ0) is 14.2. The SMILES string of the molecule is Clc1ccccc1Oc1nc2sccn2c1CNC1CC1. The second-order valence-electron chi connectivity index (χ2n) is 5.11. The van der Waals surface area contributed by atoms with Crippen molar-refractivity contribution in [3.8, 4) is 11.6 Å². The Morgan fingerprint density at radius 2 is 2.24 bits per heavy atom. The standard InChI is InChI=1S/C15H14ClN3OS/c16-11-3-1-2-4-13(11)20-14-12(9-17-10-5-6-10)19-7-8-21-15(19)18-14/h1-4,7-8,10,17H,5-6,9H2. The molecule has 1 fully saturated rings. The van der Waals surface area contributed by atoms with E-state index in [2.05, 4.69) is 14.7 Å². The third-order valence-corrected chi connectivity index (χ3v) is 4.57. The molecule has 4 rings (SSSR count). The smallest absolute Gasteiger partial charge is 0.243 e. The highest BCUT2D eigenvalue weighted by molar-refractivity contribution is 7.15. The number of thiazole rings is 1. The van der Waals surface area contributed by atoms with Crippen molar-refractivity contribution in [1.82, 2.24) is 14.7 Å². The normalized spacial score (nSPS) is 14.7. The van der Waals surface area contributed by atoms with Crippen LogP contribution in [0.4, 0.5) is 0 Å². The fourth-order valence-corrected chi connectivity index (χ4v) is 3.11. The highest BCUT2D eigenvalue weighted by Gasteiger charge is 2.23. The Balaban J connectivity index is 1.67. The molecule has 0 spiro atoms. The van der Waals surface area contributed by atoms with Crippen LogP contribution < -0.4 is 10.1 Å². The van der Waals surface area contributed by atoms with E-state index in [1.54, 1.807) is 11.3 Å². The van der Waals surface area contributed by atoms with Crippen LogP contribution in [0.2, 0.25) is 5.02 Å². The molecule has 0 saturated heterocycles. The summed E-state index contributed by atoms with van der Waals surface area (Å²) in [6.07, 6.45) is 4.54. The van der Waals surface area contributed by atoms with Crippen LogP contribution in [0.1, 0.15) is 18.5 Å².